The minimum Gasteiger partial charge on any atom is -0.379 e. The van der Waals surface area contributed by atoms with Crippen molar-refractivity contribution in [1.82, 2.24) is 0 Å². The zero-order chi connectivity index (χ0) is 9.41. The standard InChI is InChI=1S/C7H12F3NO/c8-7(9,10)6(12)4-2-1-3-5(6)11/h5,12H,1-4,11H2/t5-,6+/m1/s1. The van der Waals surface area contributed by atoms with Gasteiger partial charge in [0.15, 0.2) is 5.60 Å². The van der Waals surface area contributed by atoms with Gasteiger partial charge in [-0.25, -0.2) is 0 Å². The second-order valence-corrected chi connectivity index (χ2v) is 3.27. The molecule has 5 heteroatoms. The minimum atomic E-state index is -4.59. The van der Waals surface area contributed by atoms with Crippen molar-refractivity contribution in [3.05, 3.63) is 0 Å². The molecule has 0 radical (unpaired) electrons. The van der Waals surface area contributed by atoms with E-state index in [0.29, 0.717) is 12.8 Å². The normalized spacial score (nSPS) is 38.2. The monoisotopic (exact) mass is 183 g/mol. The van der Waals surface area contributed by atoms with Crippen molar-refractivity contribution in [2.24, 2.45) is 5.73 Å². The SMILES string of the molecule is N[C@@H]1CCCC[C@@]1(O)C(F)(F)F. The third kappa shape index (κ3) is 1.43. The molecule has 0 aliphatic heterocycles. The summed E-state index contributed by atoms with van der Waals surface area (Å²) >= 11 is 0. The van der Waals surface area contributed by atoms with Crippen molar-refractivity contribution in [2.45, 2.75) is 43.5 Å². The molecule has 2 nitrogen and oxygen atoms in total. The van der Waals surface area contributed by atoms with Crippen LogP contribution >= 0.6 is 0 Å². The molecule has 2 atom stereocenters. The van der Waals surface area contributed by atoms with E-state index < -0.39 is 17.8 Å². The van der Waals surface area contributed by atoms with Crippen LogP contribution in [0.3, 0.4) is 0 Å². The van der Waals surface area contributed by atoms with Gasteiger partial charge >= 0.3 is 6.18 Å². The van der Waals surface area contributed by atoms with Crippen molar-refractivity contribution in [1.29, 1.82) is 0 Å². The van der Waals surface area contributed by atoms with E-state index in [1.807, 2.05) is 0 Å². The first-order valence-electron chi connectivity index (χ1n) is 3.92. The average Bonchev–Trinajstić information content (AvgIpc) is 1.93. The summed E-state index contributed by atoms with van der Waals surface area (Å²) in [5, 5.41) is 9.23. The number of alkyl halides is 3. The summed E-state index contributed by atoms with van der Waals surface area (Å²) in [6, 6.07) is -1.16. The van der Waals surface area contributed by atoms with Crippen molar-refractivity contribution in [3.63, 3.8) is 0 Å². The summed E-state index contributed by atoms with van der Waals surface area (Å²) in [6.07, 6.45) is -3.55. The van der Waals surface area contributed by atoms with E-state index >= 15 is 0 Å². The molecule has 0 amide bonds. The topological polar surface area (TPSA) is 46.2 Å². The fourth-order valence-corrected chi connectivity index (χ4v) is 1.53. The first-order chi connectivity index (χ1) is 5.38. The van der Waals surface area contributed by atoms with Crippen LogP contribution in [0.15, 0.2) is 0 Å². The zero-order valence-electron chi connectivity index (χ0n) is 6.56. The Hall–Kier alpha value is -0.290. The molecule has 3 N–H and O–H groups in total. The van der Waals surface area contributed by atoms with Gasteiger partial charge in [-0.2, -0.15) is 13.2 Å². The fraction of sp³-hybridized carbons (Fsp3) is 1.00. The Morgan fingerprint density at radius 1 is 1.33 bits per heavy atom. The summed E-state index contributed by atoms with van der Waals surface area (Å²) in [5.41, 5.74) is 2.58. The highest BCUT2D eigenvalue weighted by molar-refractivity contribution is 4.98. The molecular weight excluding hydrogens is 171 g/mol. The highest BCUT2D eigenvalue weighted by Gasteiger charge is 2.57. The summed E-state index contributed by atoms with van der Waals surface area (Å²) in [6.45, 7) is 0. The molecule has 72 valence electrons. The van der Waals surface area contributed by atoms with E-state index in [9.17, 15) is 18.3 Å². The molecule has 0 heterocycles. The molecule has 0 saturated heterocycles. The van der Waals surface area contributed by atoms with Gasteiger partial charge < -0.3 is 10.8 Å². The second kappa shape index (κ2) is 2.88. The van der Waals surface area contributed by atoms with Crippen molar-refractivity contribution in [2.75, 3.05) is 0 Å². The van der Waals surface area contributed by atoms with Crippen molar-refractivity contribution < 1.29 is 18.3 Å². The Kier molecular flexibility index (Phi) is 2.35. The Morgan fingerprint density at radius 3 is 2.25 bits per heavy atom. The lowest BCUT2D eigenvalue weighted by Crippen LogP contribution is -2.59. The molecule has 12 heavy (non-hydrogen) atoms. The van der Waals surface area contributed by atoms with Crippen LogP contribution in [0.4, 0.5) is 13.2 Å². The van der Waals surface area contributed by atoms with E-state index in [2.05, 4.69) is 0 Å². The average molecular weight is 183 g/mol. The number of aliphatic hydroxyl groups is 1. The Labute approximate surface area is 68.6 Å². The van der Waals surface area contributed by atoms with Gasteiger partial charge in [-0.15, -0.1) is 0 Å². The van der Waals surface area contributed by atoms with Gasteiger partial charge in [0.05, 0.1) is 0 Å². The molecule has 0 aromatic rings. The zero-order valence-corrected chi connectivity index (χ0v) is 6.56. The maximum Gasteiger partial charge on any atom is 0.418 e. The molecular formula is C7H12F3NO. The van der Waals surface area contributed by atoms with E-state index in [-0.39, 0.29) is 12.8 Å². The first-order valence-corrected chi connectivity index (χ1v) is 3.92. The van der Waals surface area contributed by atoms with Crippen LogP contribution in [-0.2, 0) is 0 Å². The van der Waals surface area contributed by atoms with Crippen LogP contribution in [-0.4, -0.2) is 22.9 Å². The van der Waals surface area contributed by atoms with Crippen LogP contribution in [0.1, 0.15) is 25.7 Å². The van der Waals surface area contributed by atoms with E-state index in [1.54, 1.807) is 0 Å². The summed E-state index contributed by atoms with van der Waals surface area (Å²) in [5.74, 6) is 0. The highest BCUT2D eigenvalue weighted by atomic mass is 19.4. The number of rotatable bonds is 0. The molecule has 0 spiro atoms. The molecule has 1 aliphatic rings. The van der Waals surface area contributed by atoms with Crippen molar-refractivity contribution in [3.8, 4) is 0 Å². The van der Waals surface area contributed by atoms with Crippen LogP contribution < -0.4 is 5.73 Å². The maximum absolute atomic E-state index is 12.2. The van der Waals surface area contributed by atoms with Gasteiger partial charge in [0.2, 0.25) is 0 Å². The van der Waals surface area contributed by atoms with Gasteiger partial charge in [-0.05, 0) is 12.8 Å². The van der Waals surface area contributed by atoms with Crippen molar-refractivity contribution >= 4 is 0 Å². The number of halogens is 3. The van der Waals surface area contributed by atoms with Gasteiger partial charge in [0.25, 0.3) is 0 Å². The molecule has 1 rings (SSSR count). The predicted molar refractivity (Wildman–Crippen MR) is 37.4 cm³/mol. The Balaban J connectivity index is 2.79. The molecule has 0 bridgehead atoms. The quantitative estimate of drug-likeness (QED) is 0.592. The summed E-state index contributed by atoms with van der Waals surface area (Å²) in [4.78, 5) is 0. The van der Waals surface area contributed by atoms with Crippen LogP contribution in [0.5, 0.6) is 0 Å². The first kappa shape index (κ1) is 9.80. The largest absolute Gasteiger partial charge is 0.418 e. The summed E-state index contributed by atoms with van der Waals surface area (Å²) < 4.78 is 36.7. The third-order valence-corrected chi connectivity index (χ3v) is 2.43. The van der Waals surface area contributed by atoms with Gasteiger partial charge in [-0.1, -0.05) is 12.8 Å². The Morgan fingerprint density at radius 2 is 1.92 bits per heavy atom. The van der Waals surface area contributed by atoms with Crippen LogP contribution in [0.25, 0.3) is 0 Å². The highest BCUT2D eigenvalue weighted by Crippen LogP contribution is 2.40. The second-order valence-electron chi connectivity index (χ2n) is 3.27. The molecule has 1 aliphatic carbocycles. The summed E-state index contributed by atoms with van der Waals surface area (Å²) in [7, 11) is 0. The van der Waals surface area contributed by atoms with Crippen LogP contribution in [0, 0.1) is 0 Å². The fourth-order valence-electron chi connectivity index (χ4n) is 1.53. The maximum atomic E-state index is 12.2. The molecule has 0 aromatic carbocycles. The van der Waals surface area contributed by atoms with Gasteiger partial charge in [0, 0.05) is 6.04 Å². The molecule has 0 unspecified atom stereocenters. The predicted octanol–water partition coefficient (Wildman–Crippen LogP) is 1.18. The smallest absolute Gasteiger partial charge is 0.379 e. The molecule has 0 aromatic heterocycles. The lowest BCUT2D eigenvalue weighted by atomic mass is 9.80. The Bertz CT molecular complexity index is 171. The number of hydrogen-bond donors (Lipinski definition) is 2. The van der Waals surface area contributed by atoms with E-state index in [1.165, 1.54) is 0 Å². The molecule has 1 fully saturated rings. The van der Waals surface area contributed by atoms with E-state index in [4.69, 9.17) is 5.73 Å². The van der Waals surface area contributed by atoms with Gasteiger partial charge in [-0.3, -0.25) is 0 Å². The lowest BCUT2D eigenvalue weighted by molar-refractivity contribution is -0.275. The number of hydrogen-bond acceptors (Lipinski definition) is 2. The minimum absolute atomic E-state index is 0.246. The van der Waals surface area contributed by atoms with E-state index in [0.717, 1.165) is 0 Å². The molecule has 1 saturated carbocycles. The lowest BCUT2D eigenvalue weighted by Gasteiger charge is -2.38. The van der Waals surface area contributed by atoms with Gasteiger partial charge in [0.1, 0.15) is 0 Å². The van der Waals surface area contributed by atoms with Crippen LogP contribution in [0.2, 0.25) is 0 Å². The number of nitrogens with two attached hydrogens (primary N) is 1. The third-order valence-electron chi connectivity index (χ3n) is 2.43.